The van der Waals surface area contributed by atoms with Gasteiger partial charge in [-0.2, -0.15) is 0 Å². The van der Waals surface area contributed by atoms with Gasteiger partial charge in [-0.25, -0.2) is 0 Å². The predicted molar refractivity (Wildman–Crippen MR) is 63.2 cm³/mol. The smallest absolute Gasteiger partial charge is 0.229 e. The number of nitrogens with two attached hydrogens (primary N) is 1. The molecule has 0 fully saturated rings. The van der Waals surface area contributed by atoms with Gasteiger partial charge in [0.15, 0.2) is 0 Å². The summed E-state index contributed by atoms with van der Waals surface area (Å²) in [5.41, 5.74) is 8.34. The van der Waals surface area contributed by atoms with E-state index in [-0.39, 0.29) is 0 Å². The van der Waals surface area contributed by atoms with E-state index in [1.807, 2.05) is 18.2 Å². The number of hydrogen-bond donors (Lipinski definition) is 2. The highest BCUT2D eigenvalue weighted by Crippen LogP contribution is 2.35. The van der Waals surface area contributed by atoms with Crippen molar-refractivity contribution in [2.24, 2.45) is 0 Å². The van der Waals surface area contributed by atoms with Crippen LogP contribution in [0.2, 0.25) is 5.02 Å². The van der Waals surface area contributed by atoms with Gasteiger partial charge in [0.25, 0.3) is 0 Å². The van der Waals surface area contributed by atoms with Gasteiger partial charge in [-0.3, -0.25) is 0 Å². The van der Waals surface area contributed by atoms with Gasteiger partial charge in [-0.15, -0.1) is 0 Å². The van der Waals surface area contributed by atoms with Crippen molar-refractivity contribution in [2.75, 3.05) is 5.73 Å². The summed E-state index contributed by atoms with van der Waals surface area (Å²) in [6.45, 7) is 0. The first-order chi connectivity index (χ1) is 7.77. The number of halogens is 1. The van der Waals surface area contributed by atoms with Gasteiger partial charge < -0.3 is 15.2 Å². The summed E-state index contributed by atoms with van der Waals surface area (Å²) < 4.78 is 4.86. The van der Waals surface area contributed by atoms with Crippen molar-refractivity contribution in [3.05, 3.63) is 35.6 Å². The molecule has 2 aromatic heterocycles. The summed E-state index contributed by atoms with van der Waals surface area (Å²) in [4.78, 5) is 3.09. The van der Waals surface area contributed by atoms with Gasteiger partial charge >= 0.3 is 0 Å². The third-order valence-corrected chi connectivity index (χ3v) is 2.84. The SMILES string of the molecule is Nc1oncc1-c1cccc2[nH]cc(Cl)c12. The van der Waals surface area contributed by atoms with Crippen molar-refractivity contribution in [2.45, 2.75) is 0 Å². The fourth-order valence-corrected chi connectivity index (χ4v) is 2.08. The van der Waals surface area contributed by atoms with E-state index in [1.165, 1.54) is 0 Å². The minimum absolute atomic E-state index is 0.296. The fourth-order valence-electron chi connectivity index (χ4n) is 1.82. The molecule has 0 unspecified atom stereocenters. The van der Waals surface area contributed by atoms with Crippen LogP contribution < -0.4 is 5.73 Å². The van der Waals surface area contributed by atoms with Crippen LogP contribution in [0.25, 0.3) is 22.0 Å². The molecular formula is C11H8ClN3O. The van der Waals surface area contributed by atoms with E-state index in [0.29, 0.717) is 10.9 Å². The Morgan fingerprint density at radius 3 is 2.94 bits per heavy atom. The van der Waals surface area contributed by atoms with E-state index in [1.54, 1.807) is 12.4 Å². The highest BCUT2D eigenvalue weighted by Gasteiger charge is 2.13. The Labute approximate surface area is 96.0 Å². The number of benzene rings is 1. The second-order valence-corrected chi connectivity index (χ2v) is 3.88. The molecule has 80 valence electrons. The molecule has 16 heavy (non-hydrogen) atoms. The monoisotopic (exact) mass is 233 g/mol. The molecule has 0 amide bonds. The van der Waals surface area contributed by atoms with Gasteiger partial charge in [0.05, 0.1) is 16.8 Å². The van der Waals surface area contributed by atoms with Crippen molar-refractivity contribution in [3.8, 4) is 11.1 Å². The lowest BCUT2D eigenvalue weighted by molar-refractivity contribution is 0.436. The Hall–Kier alpha value is -1.94. The first-order valence-electron chi connectivity index (χ1n) is 4.73. The summed E-state index contributed by atoms with van der Waals surface area (Å²) >= 11 is 6.12. The molecule has 0 spiro atoms. The van der Waals surface area contributed by atoms with Crippen LogP contribution in [0.15, 0.2) is 35.1 Å². The number of anilines is 1. The van der Waals surface area contributed by atoms with Crippen molar-refractivity contribution in [1.82, 2.24) is 10.1 Å². The first kappa shape index (κ1) is 9.30. The second-order valence-electron chi connectivity index (χ2n) is 3.47. The van der Waals surface area contributed by atoms with E-state index in [0.717, 1.165) is 22.0 Å². The zero-order valence-corrected chi connectivity index (χ0v) is 8.95. The summed E-state index contributed by atoms with van der Waals surface area (Å²) in [6.07, 6.45) is 3.34. The number of fused-ring (bicyclic) bond motifs is 1. The summed E-state index contributed by atoms with van der Waals surface area (Å²) in [6, 6.07) is 5.82. The van der Waals surface area contributed by atoms with Crippen LogP contribution in [0.4, 0.5) is 5.88 Å². The van der Waals surface area contributed by atoms with E-state index in [4.69, 9.17) is 21.9 Å². The molecule has 5 heteroatoms. The van der Waals surface area contributed by atoms with Crippen LogP contribution in [0, 0.1) is 0 Å². The van der Waals surface area contributed by atoms with Crippen molar-refractivity contribution < 1.29 is 4.52 Å². The van der Waals surface area contributed by atoms with Gasteiger partial charge in [-0.1, -0.05) is 28.9 Å². The van der Waals surface area contributed by atoms with Gasteiger partial charge in [0, 0.05) is 17.1 Å². The maximum atomic E-state index is 6.12. The minimum atomic E-state index is 0.296. The molecule has 0 atom stereocenters. The molecule has 0 bridgehead atoms. The first-order valence-corrected chi connectivity index (χ1v) is 5.11. The molecule has 2 heterocycles. The molecule has 0 aliphatic rings. The Morgan fingerprint density at radius 1 is 1.31 bits per heavy atom. The van der Waals surface area contributed by atoms with E-state index < -0.39 is 0 Å². The third kappa shape index (κ3) is 1.20. The van der Waals surface area contributed by atoms with Crippen LogP contribution >= 0.6 is 11.6 Å². The lowest BCUT2D eigenvalue weighted by Gasteiger charge is -2.01. The summed E-state index contributed by atoms with van der Waals surface area (Å²) in [7, 11) is 0. The molecule has 0 saturated heterocycles. The number of H-pyrrole nitrogens is 1. The van der Waals surface area contributed by atoms with Crippen molar-refractivity contribution in [3.63, 3.8) is 0 Å². The molecule has 4 nitrogen and oxygen atoms in total. The number of rotatable bonds is 1. The average molecular weight is 234 g/mol. The van der Waals surface area contributed by atoms with Crippen LogP contribution in [0.1, 0.15) is 0 Å². The highest BCUT2D eigenvalue weighted by atomic mass is 35.5. The van der Waals surface area contributed by atoms with Crippen molar-refractivity contribution >= 4 is 28.4 Å². The van der Waals surface area contributed by atoms with E-state index in [9.17, 15) is 0 Å². The standard InChI is InChI=1S/C11H8ClN3O/c12-8-5-14-9-3-1-2-6(10(8)9)7-4-15-16-11(7)13/h1-5,14H,13H2. The molecule has 0 aliphatic carbocycles. The van der Waals surface area contributed by atoms with Gasteiger partial charge in [-0.05, 0) is 11.6 Å². The molecule has 0 radical (unpaired) electrons. The van der Waals surface area contributed by atoms with Gasteiger partial charge in [0.2, 0.25) is 5.88 Å². The normalized spacial score (nSPS) is 11.1. The largest absolute Gasteiger partial charge is 0.367 e. The van der Waals surface area contributed by atoms with Crippen LogP contribution in [-0.4, -0.2) is 10.1 Å². The molecule has 3 rings (SSSR count). The predicted octanol–water partition coefficient (Wildman–Crippen LogP) is 3.06. The quantitative estimate of drug-likeness (QED) is 0.679. The number of nitrogens with one attached hydrogen (secondary N) is 1. The Morgan fingerprint density at radius 2 is 2.19 bits per heavy atom. The molecule has 1 aromatic carbocycles. The lowest BCUT2D eigenvalue weighted by Crippen LogP contribution is -1.85. The van der Waals surface area contributed by atoms with Gasteiger partial charge in [0.1, 0.15) is 0 Å². The minimum Gasteiger partial charge on any atom is -0.367 e. The average Bonchev–Trinajstić information content (AvgIpc) is 2.86. The van der Waals surface area contributed by atoms with E-state index in [2.05, 4.69) is 10.1 Å². The Bertz CT molecular complexity index is 656. The van der Waals surface area contributed by atoms with Crippen LogP contribution in [-0.2, 0) is 0 Å². The maximum absolute atomic E-state index is 6.12. The maximum Gasteiger partial charge on any atom is 0.229 e. The number of nitrogen functional groups attached to an aromatic ring is 1. The second kappa shape index (κ2) is 3.28. The molecule has 3 aromatic rings. The number of hydrogen-bond acceptors (Lipinski definition) is 3. The number of aromatic amines is 1. The molecular weight excluding hydrogens is 226 g/mol. The van der Waals surface area contributed by atoms with Crippen LogP contribution in [0.5, 0.6) is 0 Å². The third-order valence-electron chi connectivity index (χ3n) is 2.55. The fraction of sp³-hybridized carbons (Fsp3) is 0. The van der Waals surface area contributed by atoms with Crippen molar-refractivity contribution in [1.29, 1.82) is 0 Å². The highest BCUT2D eigenvalue weighted by molar-refractivity contribution is 6.36. The molecule has 0 saturated carbocycles. The zero-order valence-electron chi connectivity index (χ0n) is 8.20. The number of aromatic nitrogens is 2. The lowest BCUT2D eigenvalue weighted by atomic mass is 10.0. The number of nitrogens with zero attached hydrogens (tertiary/aromatic N) is 1. The summed E-state index contributed by atoms with van der Waals surface area (Å²) in [5.74, 6) is 0.296. The van der Waals surface area contributed by atoms with E-state index >= 15 is 0 Å². The zero-order chi connectivity index (χ0) is 11.1. The topological polar surface area (TPSA) is 67.8 Å². The summed E-state index contributed by atoms with van der Waals surface area (Å²) in [5, 5.41) is 5.25. The van der Waals surface area contributed by atoms with Crippen LogP contribution in [0.3, 0.4) is 0 Å². The molecule has 0 aliphatic heterocycles. The molecule has 3 N–H and O–H groups in total. The Kier molecular flexibility index (Phi) is 1.91. The Balaban J connectivity index is 2.39.